The van der Waals surface area contributed by atoms with Crippen LogP contribution in [0.4, 0.5) is 30.7 Å². The van der Waals surface area contributed by atoms with E-state index in [2.05, 4.69) is 14.5 Å². The van der Waals surface area contributed by atoms with E-state index in [1.807, 2.05) is 0 Å². The van der Waals surface area contributed by atoms with E-state index < -0.39 is 42.0 Å². The van der Waals surface area contributed by atoms with Crippen LogP contribution in [0.2, 0.25) is 0 Å². The third kappa shape index (κ3) is 3.61. The minimum Gasteiger partial charge on any atom is -0.481 e. The van der Waals surface area contributed by atoms with Crippen LogP contribution in [0.3, 0.4) is 0 Å². The van der Waals surface area contributed by atoms with Crippen molar-refractivity contribution in [1.29, 1.82) is 0 Å². The van der Waals surface area contributed by atoms with Crippen LogP contribution in [-0.4, -0.2) is 18.5 Å². The molecule has 0 amide bonds. The highest BCUT2D eigenvalue weighted by atomic mass is 19.4. The highest BCUT2D eigenvalue weighted by Gasteiger charge is 2.41. The molecule has 0 saturated carbocycles. The Balaban J connectivity index is 3.45. The normalized spacial score (nSPS) is 12.4. The Morgan fingerprint density at radius 1 is 1.16 bits per heavy atom. The summed E-state index contributed by atoms with van der Waals surface area (Å²) in [7, 11) is 0.823. The van der Waals surface area contributed by atoms with Crippen LogP contribution in [0.25, 0.3) is 0 Å². The highest BCUT2D eigenvalue weighted by molar-refractivity contribution is 5.45. The number of aromatic nitrogens is 1. The Morgan fingerprint density at radius 2 is 1.74 bits per heavy atom. The molecule has 0 aliphatic heterocycles. The van der Waals surface area contributed by atoms with E-state index in [0.717, 1.165) is 7.11 Å². The van der Waals surface area contributed by atoms with E-state index in [-0.39, 0.29) is 0 Å². The van der Waals surface area contributed by atoms with Crippen molar-refractivity contribution in [2.24, 2.45) is 0 Å². The highest BCUT2D eigenvalue weighted by Crippen LogP contribution is 2.42. The number of nitrogens with zero attached hydrogens (tertiary/aromatic N) is 1. The maximum absolute atomic E-state index is 12.7. The van der Waals surface area contributed by atoms with E-state index >= 15 is 0 Å². The number of halogens is 7. The minimum atomic E-state index is -5.26. The molecule has 0 aliphatic carbocycles. The second-order valence-electron chi connectivity index (χ2n) is 3.16. The van der Waals surface area contributed by atoms with Gasteiger partial charge in [-0.05, 0) is 0 Å². The minimum absolute atomic E-state index is 0.316. The molecule has 1 heterocycles. The molecular weight excluding hydrogens is 287 g/mol. The molecule has 1 rings (SSSR count). The van der Waals surface area contributed by atoms with Gasteiger partial charge in [0.25, 0.3) is 0 Å². The first-order chi connectivity index (χ1) is 8.60. The molecule has 0 atom stereocenters. The lowest BCUT2D eigenvalue weighted by Gasteiger charge is -2.18. The van der Waals surface area contributed by atoms with Gasteiger partial charge in [0.2, 0.25) is 5.88 Å². The second-order valence-corrected chi connectivity index (χ2v) is 3.16. The predicted molar refractivity (Wildman–Crippen MR) is 47.3 cm³/mol. The maximum Gasteiger partial charge on any atom is 0.573 e. The van der Waals surface area contributed by atoms with Crippen LogP contribution in [0.15, 0.2) is 6.20 Å². The molecule has 0 aromatic carbocycles. The SMILES string of the molecule is COc1ncc(OC(F)(F)F)c(CF)c1C(F)(F)F. The van der Waals surface area contributed by atoms with Crippen LogP contribution in [0.1, 0.15) is 11.1 Å². The van der Waals surface area contributed by atoms with Gasteiger partial charge in [0.05, 0.1) is 13.3 Å². The fourth-order valence-corrected chi connectivity index (χ4v) is 1.30. The quantitative estimate of drug-likeness (QED) is 0.800. The molecular formula is C9H6F7NO2. The summed E-state index contributed by atoms with van der Waals surface area (Å²) in [4.78, 5) is 3.02. The zero-order chi connectivity index (χ0) is 14.8. The zero-order valence-electron chi connectivity index (χ0n) is 9.19. The maximum atomic E-state index is 12.7. The van der Waals surface area contributed by atoms with Crippen molar-refractivity contribution in [3.8, 4) is 11.6 Å². The van der Waals surface area contributed by atoms with Crippen molar-refractivity contribution in [2.45, 2.75) is 19.2 Å². The standard InChI is InChI=1S/C9H6F7NO2/c1-18-7-6(8(11,12)13)4(2-10)5(3-17-7)19-9(14,15)16/h3H,2H2,1H3. The molecule has 10 heteroatoms. The van der Waals surface area contributed by atoms with Crippen LogP contribution < -0.4 is 9.47 Å². The molecule has 1 aromatic heterocycles. The van der Waals surface area contributed by atoms with Gasteiger partial charge in [0.15, 0.2) is 5.75 Å². The molecule has 0 radical (unpaired) electrons. The first kappa shape index (κ1) is 15.3. The number of ether oxygens (including phenoxy) is 2. The molecule has 3 nitrogen and oxygen atoms in total. The van der Waals surface area contributed by atoms with Crippen molar-refractivity contribution in [3.05, 3.63) is 17.3 Å². The van der Waals surface area contributed by atoms with E-state index in [1.54, 1.807) is 0 Å². The van der Waals surface area contributed by atoms with Crippen molar-refractivity contribution in [3.63, 3.8) is 0 Å². The number of hydrogen-bond donors (Lipinski definition) is 0. The second kappa shape index (κ2) is 5.10. The Labute approximate surface area is 101 Å². The average molecular weight is 293 g/mol. The third-order valence-corrected chi connectivity index (χ3v) is 1.95. The van der Waals surface area contributed by atoms with Gasteiger partial charge in [-0.3, -0.25) is 0 Å². The number of hydrogen-bond acceptors (Lipinski definition) is 3. The summed E-state index contributed by atoms with van der Waals surface area (Å²) in [6.07, 6.45) is -10.1. The van der Waals surface area contributed by atoms with Gasteiger partial charge < -0.3 is 9.47 Å². The summed E-state index contributed by atoms with van der Waals surface area (Å²) >= 11 is 0. The first-order valence-electron chi connectivity index (χ1n) is 4.55. The molecule has 19 heavy (non-hydrogen) atoms. The van der Waals surface area contributed by atoms with E-state index in [4.69, 9.17) is 0 Å². The van der Waals surface area contributed by atoms with Gasteiger partial charge in [-0.25, -0.2) is 9.37 Å². The number of alkyl halides is 7. The molecule has 0 unspecified atom stereocenters. The van der Waals surface area contributed by atoms with Crippen LogP contribution in [-0.2, 0) is 12.9 Å². The Kier molecular flexibility index (Phi) is 4.11. The average Bonchev–Trinajstić information content (AvgIpc) is 2.25. The van der Waals surface area contributed by atoms with E-state index in [1.165, 1.54) is 0 Å². The molecule has 0 N–H and O–H groups in total. The summed E-state index contributed by atoms with van der Waals surface area (Å²) in [6.45, 7) is -1.82. The summed E-state index contributed by atoms with van der Waals surface area (Å²) in [5.41, 5.74) is -3.06. The van der Waals surface area contributed by atoms with Gasteiger partial charge >= 0.3 is 12.5 Å². The summed E-state index contributed by atoms with van der Waals surface area (Å²) < 4.78 is 94.2. The van der Waals surface area contributed by atoms with E-state index in [9.17, 15) is 30.7 Å². The lowest BCUT2D eigenvalue weighted by molar-refractivity contribution is -0.275. The van der Waals surface area contributed by atoms with Crippen molar-refractivity contribution < 1.29 is 40.2 Å². The van der Waals surface area contributed by atoms with E-state index in [0.29, 0.717) is 6.20 Å². The molecule has 1 aromatic rings. The molecule has 0 fully saturated rings. The number of pyridine rings is 1. The molecule has 0 saturated heterocycles. The smallest absolute Gasteiger partial charge is 0.481 e. The van der Waals surface area contributed by atoms with Gasteiger partial charge in [-0.1, -0.05) is 0 Å². The Hall–Kier alpha value is -1.74. The zero-order valence-corrected chi connectivity index (χ0v) is 9.19. The van der Waals surface area contributed by atoms with Crippen LogP contribution in [0.5, 0.6) is 11.6 Å². The topological polar surface area (TPSA) is 31.4 Å². The molecule has 0 aliphatic rings. The van der Waals surface area contributed by atoms with Crippen LogP contribution in [0, 0.1) is 0 Å². The third-order valence-electron chi connectivity index (χ3n) is 1.95. The number of rotatable bonds is 3. The Bertz CT molecular complexity index is 455. The lowest BCUT2D eigenvalue weighted by atomic mass is 10.1. The van der Waals surface area contributed by atoms with Crippen LogP contribution >= 0.6 is 0 Å². The van der Waals surface area contributed by atoms with Crippen molar-refractivity contribution >= 4 is 0 Å². The largest absolute Gasteiger partial charge is 0.573 e. The summed E-state index contributed by atoms with van der Waals surface area (Å²) in [5, 5.41) is 0. The molecule has 108 valence electrons. The van der Waals surface area contributed by atoms with Gasteiger partial charge in [-0.2, -0.15) is 13.2 Å². The van der Waals surface area contributed by atoms with Crippen molar-refractivity contribution in [2.75, 3.05) is 7.11 Å². The monoisotopic (exact) mass is 293 g/mol. The summed E-state index contributed by atoms with van der Waals surface area (Å²) in [5.74, 6) is -2.39. The van der Waals surface area contributed by atoms with Gasteiger partial charge in [0.1, 0.15) is 12.2 Å². The van der Waals surface area contributed by atoms with Gasteiger partial charge in [0, 0.05) is 5.56 Å². The fraction of sp³-hybridized carbons (Fsp3) is 0.444. The molecule has 0 spiro atoms. The lowest BCUT2D eigenvalue weighted by Crippen LogP contribution is -2.20. The predicted octanol–water partition coefficient (Wildman–Crippen LogP) is 3.48. The fourth-order valence-electron chi connectivity index (χ4n) is 1.30. The Morgan fingerprint density at radius 3 is 2.11 bits per heavy atom. The molecule has 0 bridgehead atoms. The number of methoxy groups -OCH3 is 1. The first-order valence-corrected chi connectivity index (χ1v) is 4.55. The summed E-state index contributed by atoms with van der Waals surface area (Å²) in [6, 6.07) is 0. The van der Waals surface area contributed by atoms with Crippen molar-refractivity contribution in [1.82, 2.24) is 4.98 Å². The van der Waals surface area contributed by atoms with Gasteiger partial charge in [-0.15, -0.1) is 13.2 Å².